The third kappa shape index (κ3) is 2.73. The number of hydrogen-bond donors (Lipinski definition) is 1. The number of benzene rings is 2. The van der Waals surface area contributed by atoms with Gasteiger partial charge in [-0.3, -0.25) is 0 Å². The van der Waals surface area contributed by atoms with Gasteiger partial charge < -0.3 is 5.11 Å². The lowest BCUT2D eigenvalue weighted by Crippen LogP contribution is -1.96. The van der Waals surface area contributed by atoms with E-state index in [1.54, 1.807) is 18.2 Å². The van der Waals surface area contributed by atoms with Gasteiger partial charge in [-0.15, -0.1) is 5.10 Å². The van der Waals surface area contributed by atoms with Crippen molar-refractivity contribution >= 4 is 28.5 Å². The number of aromatic nitrogens is 2. The second-order valence-corrected chi connectivity index (χ2v) is 5.63. The molecule has 0 aliphatic carbocycles. The second-order valence-electron chi connectivity index (χ2n) is 4.57. The lowest BCUT2D eigenvalue weighted by Gasteiger charge is -2.07. The summed E-state index contributed by atoms with van der Waals surface area (Å²) in [6.45, 7) is 1.93. The minimum atomic E-state index is -0.933. The highest BCUT2D eigenvalue weighted by atomic mass is 32.2. The molecule has 104 valence electrons. The number of aromatic carboxylic acids is 1. The molecule has 3 aromatic rings. The van der Waals surface area contributed by atoms with Crippen LogP contribution in [0.25, 0.3) is 10.8 Å². The monoisotopic (exact) mass is 296 g/mol. The van der Waals surface area contributed by atoms with Crippen molar-refractivity contribution in [3.63, 3.8) is 0 Å². The van der Waals surface area contributed by atoms with E-state index in [1.807, 2.05) is 37.3 Å². The summed E-state index contributed by atoms with van der Waals surface area (Å²) in [5.74, 6) is -0.933. The molecule has 0 aliphatic rings. The van der Waals surface area contributed by atoms with Crippen LogP contribution in [0.1, 0.15) is 16.1 Å². The molecule has 21 heavy (non-hydrogen) atoms. The zero-order chi connectivity index (χ0) is 14.8. The first-order chi connectivity index (χ1) is 10.1. The van der Waals surface area contributed by atoms with E-state index in [1.165, 1.54) is 11.8 Å². The third-order valence-electron chi connectivity index (χ3n) is 3.13. The van der Waals surface area contributed by atoms with Crippen LogP contribution in [0.3, 0.4) is 0 Å². The molecular weight excluding hydrogens is 284 g/mol. The molecular formula is C16H12N2O2S. The Balaban J connectivity index is 2.04. The van der Waals surface area contributed by atoms with Gasteiger partial charge in [0.2, 0.25) is 0 Å². The molecule has 2 aromatic carbocycles. The number of carboxylic acid groups (broad SMARTS) is 1. The predicted molar refractivity (Wildman–Crippen MR) is 81.8 cm³/mol. The van der Waals surface area contributed by atoms with E-state index in [-0.39, 0.29) is 5.56 Å². The number of carbonyl (C=O) groups is 1. The van der Waals surface area contributed by atoms with Crippen LogP contribution in [0, 0.1) is 6.92 Å². The summed E-state index contributed by atoms with van der Waals surface area (Å²) < 4.78 is 0. The molecule has 0 radical (unpaired) electrons. The van der Waals surface area contributed by atoms with Crippen molar-refractivity contribution in [3.05, 3.63) is 59.8 Å². The van der Waals surface area contributed by atoms with Crippen LogP contribution in [0.5, 0.6) is 0 Å². The average Bonchev–Trinajstić information content (AvgIpc) is 2.51. The summed E-state index contributed by atoms with van der Waals surface area (Å²) in [7, 11) is 0. The second kappa shape index (κ2) is 5.54. The molecule has 1 aromatic heterocycles. The predicted octanol–water partition coefficient (Wildman–Crippen LogP) is 3.79. The molecule has 0 saturated carbocycles. The molecule has 0 amide bonds. The van der Waals surface area contributed by atoms with E-state index in [0.717, 1.165) is 26.4 Å². The Morgan fingerprint density at radius 1 is 1.05 bits per heavy atom. The molecule has 1 N–H and O–H groups in total. The first-order valence-corrected chi connectivity index (χ1v) is 7.20. The molecule has 0 aliphatic heterocycles. The molecule has 3 rings (SSSR count). The maximum atomic E-state index is 11.0. The van der Waals surface area contributed by atoms with Gasteiger partial charge in [-0.1, -0.05) is 42.1 Å². The van der Waals surface area contributed by atoms with Crippen LogP contribution in [0.15, 0.2) is 58.5 Å². The summed E-state index contributed by atoms with van der Waals surface area (Å²) in [6.07, 6.45) is 0. The maximum absolute atomic E-state index is 11.0. The van der Waals surface area contributed by atoms with Crippen molar-refractivity contribution in [1.29, 1.82) is 0 Å². The van der Waals surface area contributed by atoms with Crippen LogP contribution >= 0.6 is 11.8 Å². The van der Waals surface area contributed by atoms with E-state index >= 15 is 0 Å². The molecule has 0 spiro atoms. The summed E-state index contributed by atoms with van der Waals surface area (Å²) in [5, 5.41) is 20.3. The van der Waals surface area contributed by atoms with Crippen molar-refractivity contribution < 1.29 is 9.90 Å². The molecule has 1 heterocycles. The van der Waals surface area contributed by atoms with Crippen molar-refractivity contribution in [1.82, 2.24) is 10.2 Å². The summed E-state index contributed by atoms with van der Waals surface area (Å²) in [4.78, 5) is 11.9. The molecule has 0 atom stereocenters. The Hall–Kier alpha value is -2.40. The first-order valence-electron chi connectivity index (χ1n) is 6.38. The van der Waals surface area contributed by atoms with Crippen molar-refractivity contribution in [3.8, 4) is 0 Å². The standard InChI is InChI=1S/C16H12N2O2S/c1-10-13-7-2-3-8-14(13)15(18-17-10)21-12-6-4-5-11(9-12)16(19)20/h2-9H,1H3,(H,19,20). The molecule has 0 fully saturated rings. The zero-order valence-corrected chi connectivity index (χ0v) is 12.1. The van der Waals surface area contributed by atoms with Gasteiger partial charge in [-0.25, -0.2) is 4.79 Å². The SMILES string of the molecule is Cc1nnc(Sc2cccc(C(=O)O)c2)c2ccccc12. The van der Waals surface area contributed by atoms with Crippen LogP contribution < -0.4 is 0 Å². The van der Waals surface area contributed by atoms with E-state index in [9.17, 15) is 4.79 Å². The minimum absolute atomic E-state index is 0.268. The number of hydrogen-bond acceptors (Lipinski definition) is 4. The fraction of sp³-hybridized carbons (Fsp3) is 0.0625. The fourth-order valence-electron chi connectivity index (χ4n) is 2.09. The van der Waals surface area contributed by atoms with Crippen LogP contribution in [-0.2, 0) is 0 Å². The van der Waals surface area contributed by atoms with E-state index in [0.29, 0.717) is 0 Å². The third-order valence-corrected chi connectivity index (χ3v) is 4.12. The summed E-state index contributed by atoms with van der Waals surface area (Å²) >= 11 is 1.42. The van der Waals surface area contributed by atoms with Crippen LogP contribution in [-0.4, -0.2) is 21.3 Å². The summed E-state index contributed by atoms with van der Waals surface area (Å²) in [6, 6.07) is 14.8. The molecule has 0 saturated heterocycles. The first kappa shape index (κ1) is 13.6. The Labute approximate surface area is 125 Å². The lowest BCUT2D eigenvalue weighted by molar-refractivity contribution is 0.0696. The highest BCUT2D eigenvalue weighted by molar-refractivity contribution is 7.99. The largest absolute Gasteiger partial charge is 0.478 e. The maximum Gasteiger partial charge on any atom is 0.335 e. The van der Waals surface area contributed by atoms with Gasteiger partial charge in [-0.05, 0) is 25.1 Å². The topological polar surface area (TPSA) is 63.1 Å². The van der Waals surface area contributed by atoms with Gasteiger partial charge >= 0.3 is 5.97 Å². The van der Waals surface area contributed by atoms with E-state index in [4.69, 9.17) is 5.11 Å². The molecule has 0 unspecified atom stereocenters. The highest BCUT2D eigenvalue weighted by Crippen LogP contribution is 2.32. The number of carboxylic acids is 1. The Kier molecular flexibility index (Phi) is 3.58. The quantitative estimate of drug-likeness (QED) is 0.796. The number of rotatable bonds is 3. The highest BCUT2D eigenvalue weighted by Gasteiger charge is 2.09. The van der Waals surface area contributed by atoms with Gasteiger partial charge in [0.05, 0.1) is 11.3 Å². The van der Waals surface area contributed by atoms with Gasteiger partial charge in [0.1, 0.15) is 5.03 Å². The van der Waals surface area contributed by atoms with E-state index in [2.05, 4.69) is 10.2 Å². The van der Waals surface area contributed by atoms with Gasteiger partial charge in [0, 0.05) is 15.7 Å². The van der Waals surface area contributed by atoms with Gasteiger partial charge in [0.25, 0.3) is 0 Å². The van der Waals surface area contributed by atoms with Crippen LogP contribution in [0.2, 0.25) is 0 Å². The minimum Gasteiger partial charge on any atom is -0.478 e. The Bertz CT molecular complexity index is 833. The smallest absolute Gasteiger partial charge is 0.335 e. The number of nitrogens with zero attached hydrogens (tertiary/aromatic N) is 2. The molecule has 4 nitrogen and oxygen atoms in total. The molecule has 5 heteroatoms. The Morgan fingerprint density at radius 2 is 1.81 bits per heavy atom. The summed E-state index contributed by atoms with van der Waals surface area (Å²) in [5.41, 5.74) is 1.15. The van der Waals surface area contributed by atoms with Crippen molar-refractivity contribution in [2.45, 2.75) is 16.8 Å². The van der Waals surface area contributed by atoms with Crippen molar-refractivity contribution in [2.24, 2.45) is 0 Å². The van der Waals surface area contributed by atoms with E-state index < -0.39 is 5.97 Å². The van der Waals surface area contributed by atoms with Gasteiger partial charge in [-0.2, -0.15) is 5.10 Å². The zero-order valence-electron chi connectivity index (χ0n) is 11.3. The molecule has 0 bridgehead atoms. The average molecular weight is 296 g/mol. The normalized spacial score (nSPS) is 10.7. The Morgan fingerprint density at radius 3 is 2.57 bits per heavy atom. The lowest BCUT2D eigenvalue weighted by atomic mass is 10.1. The van der Waals surface area contributed by atoms with Crippen molar-refractivity contribution in [2.75, 3.05) is 0 Å². The number of aryl methyl sites for hydroxylation is 1. The van der Waals surface area contributed by atoms with Gasteiger partial charge in [0.15, 0.2) is 0 Å². The fourth-order valence-corrected chi connectivity index (χ4v) is 3.02. The number of fused-ring (bicyclic) bond motifs is 1. The van der Waals surface area contributed by atoms with Crippen LogP contribution in [0.4, 0.5) is 0 Å².